The fourth-order valence-electron chi connectivity index (χ4n) is 1.74. The van der Waals surface area contributed by atoms with E-state index in [2.05, 4.69) is 10.0 Å². The van der Waals surface area contributed by atoms with Crippen LogP contribution in [0.25, 0.3) is 0 Å². The van der Waals surface area contributed by atoms with Crippen LogP contribution in [0.5, 0.6) is 11.5 Å². The zero-order valence-corrected chi connectivity index (χ0v) is 11.6. The van der Waals surface area contributed by atoms with Crippen LogP contribution in [0.1, 0.15) is 5.56 Å². The molecule has 0 saturated heterocycles. The normalized spacial score (nSPS) is 14.4. The first-order valence-corrected chi connectivity index (χ1v) is 7.76. The summed E-state index contributed by atoms with van der Waals surface area (Å²) >= 11 is 0. The quantitative estimate of drug-likeness (QED) is 0.725. The molecule has 0 unspecified atom stereocenters. The zero-order chi connectivity index (χ0) is 13.7. The van der Waals surface area contributed by atoms with Crippen LogP contribution in [0.3, 0.4) is 0 Å². The minimum atomic E-state index is -3.15. The molecule has 19 heavy (non-hydrogen) atoms. The van der Waals surface area contributed by atoms with Crippen LogP contribution in [0, 0.1) is 0 Å². The smallest absolute Gasteiger partial charge is 0.212 e. The molecule has 0 saturated carbocycles. The largest absolute Gasteiger partial charge is 0.486 e. The summed E-state index contributed by atoms with van der Waals surface area (Å²) in [5.41, 5.74) is 1.03. The second kappa shape index (κ2) is 6.23. The topological polar surface area (TPSA) is 76.7 Å². The maximum Gasteiger partial charge on any atom is 0.212 e. The summed E-state index contributed by atoms with van der Waals surface area (Å²) in [4.78, 5) is 0. The van der Waals surface area contributed by atoms with Crippen LogP contribution in [0.2, 0.25) is 0 Å². The number of rotatable bonds is 6. The van der Waals surface area contributed by atoms with Crippen molar-refractivity contribution in [3.8, 4) is 11.5 Å². The Morgan fingerprint density at radius 1 is 1.21 bits per heavy atom. The average molecular weight is 286 g/mol. The van der Waals surface area contributed by atoms with Crippen LogP contribution in [0.4, 0.5) is 0 Å². The Hall–Kier alpha value is -1.31. The molecular weight excluding hydrogens is 268 g/mol. The maximum atomic E-state index is 11.2. The Kier molecular flexibility index (Phi) is 4.62. The zero-order valence-electron chi connectivity index (χ0n) is 10.8. The minimum Gasteiger partial charge on any atom is -0.486 e. The van der Waals surface area contributed by atoms with Crippen molar-refractivity contribution in [2.24, 2.45) is 0 Å². The highest BCUT2D eigenvalue weighted by atomic mass is 32.2. The Morgan fingerprint density at radius 2 is 1.95 bits per heavy atom. The third kappa shape index (κ3) is 4.09. The molecular formula is C12H18N2O4S. The van der Waals surface area contributed by atoms with Crippen molar-refractivity contribution in [3.05, 3.63) is 23.8 Å². The lowest BCUT2D eigenvalue weighted by molar-refractivity contribution is 0.171. The SMILES string of the molecule is CNS(=O)(=O)CCNCc1ccc2c(c1)OCCO2. The third-order valence-corrected chi connectivity index (χ3v) is 4.16. The minimum absolute atomic E-state index is 0.0635. The summed E-state index contributed by atoms with van der Waals surface area (Å²) in [7, 11) is -1.73. The Labute approximate surface area is 113 Å². The highest BCUT2D eigenvalue weighted by molar-refractivity contribution is 7.89. The van der Waals surface area contributed by atoms with E-state index in [4.69, 9.17) is 9.47 Å². The molecule has 0 atom stereocenters. The highest BCUT2D eigenvalue weighted by Crippen LogP contribution is 2.30. The van der Waals surface area contributed by atoms with E-state index in [0.717, 1.165) is 17.1 Å². The number of nitrogens with one attached hydrogen (secondary N) is 2. The van der Waals surface area contributed by atoms with Gasteiger partial charge >= 0.3 is 0 Å². The summed E-state index contributed by atoms with van der Waals surface area (Å²) in [5, 5.41) is 3.08. The van der Waals surface area contributed by atoms with E-state index < -0.39 is 10.0 Å². The van der Waals surface area contributed by atoms with E-state index >= 15 is 0 Å². The van der Waals surface area contributed by atoms with Gasteiger partial charge in [-0.2, -0.15) is 0 Å². The predicted molar refractivity (Wildman–Crippen MR) is 72.0 cm³/mol. The summed E-state index contributed by atoms with van der Waals surface area (Å²) in [5.74, 6) is 1.56. The fraction of sp³-hybridized carbons (Fsp3) is 0.500. The van der Waals surface area contributed by atoms with Gasteiger partial charge in [0, 0.05) is 13.1 Å². The van der Waals surface area contributed by atoms with E-state index in [1.54, 1.807) is 0 Å². The van der Waals surface area contributed by atoms with E-state index in [1.165, 1.54) is 7.05 Å². The maximum absolute atomic E-state index is 11.2. The predicted octanol–water partition coefficient (Wildman–Crippen LogP) is 0.0966. The number of sulfonamides is 1. The molecule has 1 aromatic carbocycles. The lowest BCUT2D eigenvalue weighted by Crippen LogP contribution is -2.29. The fourth-order valence-corrected chi connectivity index (χ4v) is 2.36. The standard InChI is InChI=1S/C12H18N2O4S/c1-13-19(15,16)7-4-14-9-10-2-3-11-12(8-10)18-6-5-17-11/h2-3,8,13-14H,4-7,9H2,1H3. The Morgan fingerprint density at radius 3 is 2.68 bits per heavy atom. The van der Waals surface area contributed by atoms with Gasteiger partial charge < -0.3 is 14.8 Å². The van der Waals surface area contributed by atoms with Crippen LogP contribution in [-0.2, 0) is 16.6 Å². The number of benzene rings is 1. The molecule has 0 amide bonds. The van der Waals surface area contributed by atoms with Crippen LogP contribution >= 0.6 is 0 Å². The monoisotopic (exact) mass is 286 g/mol. The molecule has 1 aliphatic rings. The van der Waals surface area contributed by atoms with Gasteiger partial charge in [0.1, 0.15) is 13.2 Å². The lowest BCUT2D eigenvalue weighted by Gasteiger charge is -2.19. The highest BCUT2D eigenvalue weighted by Gasteiger charge is 2.11. The molecule has 0 aliphatic carbocycles. The van der Waals surface area contributed by atoms with Gasteiger partial charge in [0.2, 0.25) is 10.0 Å². The molecule has 106 valence electrons. The number of fused-ring (bicyclic) bond motifs is 1. The second-order valence-corrected chi connectivity index (χ2v) is 6.22. The molecule has 2 rings (SSSR count). The van der Waals surface area contributed by atoms with Gasteiger partial charge in [0.15, 0.2) is 11.5 Å². The van der Waals surface area contributed by atoms with E-state index in [-0.39, 0.29) is 5.75 Å². The van der Waals surface area contributed by atoms with Gasteiger partial charge in [-0.25, -0.2) is 13.1 Å². The number of hydrogen-bond acceptors (Lipinski definition) is 5. The Balaban J connectivity index is 1.83. The molecule has 7 heteroatoms. The molecule has 6 nitrogen and oxygen atoms in total. The van der Waals surface area contributed by atoms with Crippen molar-refractivity contribution in [2.75, 3.05) is 32.6 Å². The van der Waals surface area contributed by atoms with Crippen LogP contribution in [-0.4, -0.2) is 41.0 Å². The first-order chi connectivity index (χ1) is 9.11. The van der Waals surface area contributed by atoms with E-state index in [9.17, 15) is 8.42 Å². The molecule has 0 aromatic heterocycles. The van der Waals surface area contributed by atoms with Gasteiger partial charge in [-0.05, 0) is 24.7 Å². The first-order valence-electron chi connectivity index (χ1n) is 6.11. The van der Waals surface area contributed by atoms with E-state index in [1.807, 2.05) is 18.2 Å². The van der Waals surface area contributed by atoms with Crippen molar-refractivity contribution in [1.82, 2.24) is 10.0 Å². The first kappa shape index (κ1) is 14.1. The van der Waals surface area contributed by atoms with Crippen molar-refractivity contribution in [1.29, 1.82) is 0 Å². The summed E-state index contributed by atoms with van der Waals surface area (Å²) < 4.78 is 35.6. The Bertz CT molecular complexity index is 531. The van der Waals surface area contributed by atoms with Crippen LogP contribution in [0.15, 0.2) is 18.2 Å². The molecule has 0 radical (unpaired) electrons. The number of ether oxygens (including phenoxy) is 2. The van der Waals surface area contributed by atoms with Gasteiger partial charge in [0.05, 0.1) is 5.75 Å². The van der Waals surface area contributed by atoms with Gasteiger partial charge in [-0.3, -0.25) is 0 Å². The van der Waals surface area contributed by atoms with Crippen molar-refractivity contribution in [3.63, 3.8) is 0 Å². The van der Waals surface area contributed by atoms with Gasteiger partial charge in [-0.15, -0.1) is 0 Å². The lowest BCUT2D eigenvalue weighted by atomic mass is 10.2. The summed E-state index contributed by atoms with van der Waals surface area (Å²) in [6, 6.07) is 5.72. The van der Waals surface area contributed by atoms with Crippen molar-refractivity contribution < 1.29 is 17.9 Å². The molecule has 0 bridgehead atoms. The molecule has 1 heterocycles. The molecule has 2 N–H and O–H groups in total. The third-order valence-electron chi connectivity index (χ3n) is 2.79. The van der Waals surface area contributed by atoms with Crippen molar-refractivity contribution in [2.45, 2.75) is 6.54 Å². The average Bonchev–Trinajstić information content (AvgIpc) is 2.43. The van der Waals surface area contributed by atoms with E-state index in [0.29, 0.717) is 26.3 Å². The molecule has 1 aromatic rings. The van der Waals surface area contributed by atoms with Gasteiger partial charge in [0.25, 0.3) is 0 Å². The molecule has 1 aliphatic heterocycles. The molecule has 0 spiro atoms. The van der Waals surface area contributed by atoms with Crippen LogP contribution < -0.4 is 19.5 Å². The van der Waals surface area contributed by atoms with Crippen molar-refractivity contribution >= 4 is 10.0 Å². The number of hydrogen-bond donors (Lipinski definition) is 2. The molecule has 0 fully saturated rings. The summed E-state index contributed by atoms with van der Waals surface area (Å²) in [6.45, 7) is 2.13. The van der Waals surface area contributed by atoms with Gasteiger partial charge in [-0.1, -0.05) is 6.07 Å². The summed E-state index contributed by atoms with van der Waals surface area (Å²) in [6.07, 6.45) is 0. The second-order valence-electron chi connectivity index (χ2n) is 4.18.